The van der Waals surface area contributed by atoms with Gasteiger partial charge in [0, 0.05) is 5.56 Å². The number of carboxylic acid groups (broad SMARTS) is 1. The fourth-order valence-corrected chi connectivity index (χ4v) is 2.91. The smallest absolute Gasteiger partial charge is 0.405 e. The first-order valence-electron chi connectivity index (χ1n) is 7.19. The molecule has 0 radical (unpaired) electrons. The van der Waals surface area contributed by atoms with E-state index in [0.29, 0.717) is 23.8 Å². The summed E-state index contributed by atoms with van der Waals surface area (Å²) in [7, 11) is 0. The predicted molar refractivity (Wildman–Crippen MR) is 83.5 cm³/mol. The van der Waals surface area contributed by atoms with E-state index in [1.54, 1.807) is 18.2 Å². The predicted octanol–water partition coefficient (Wildman–Crippen LogP) is 3.41. The minimum Gasteiger partial charge on any atom is -0.465 e. The van der Waals surface area contributed by atoms with E-state index in [1.807, 2.05) is 0 Å². The van der Waals surface area contributed by atoms with Crippen molar-refractivity contribution in [2.24, 2.45) is 0 Å². The SMILES string of the molecule is O=C[C@]1(NC(=O)O)C=CCc2ccc(-c3cc(F)ccc3F)cc21. The van der Waals surface area contributed by atoms with Crippen LogP contribution in [0.1, 0.15) is 11.1 Å². The Morgan fingerprint density at radius 1 is 1.21 bits per heavy atom. The van der Waals surface area contributed by atoms with Crippen molar-refractivity contribution < 1.29 is 23.5 Å². The zero-order valence-corrected chi connectivity index (χ0v) is 12.4. The number of aldehydes is 1. The molecule has 3 rings (SSSR count). The van der Waals surface area contributed by atoms with Crippen molar-refractivity contribution in [1.29, 1.82) is 0 Å². The van der Waals surface area contributed by atoms with Crippen molar-refractivity contribution >= 4 is 12.4 Å². The Hall–Kier alpha value is -3.02. The third kappa shape index (κ3) is 2.67. The third-order valence-corrected chi connectivity index (χ3v) is 4.01. The van der Waals surface area contributed by atoms with Gasteiger partial charge in [-0.25, -0.2) is 13.6 Å². The average molecular weight is 329 g/mol. The minimum absolute atomic E-state index is 0.0440. The van der Waals surface area contributed by atoms with Crippen molar-refractivity contribution in [3.63, 3.8) is 0 Å². The van der Waals surface area contributed by atoms with E-state index in [1.165, 1.54) is 12.1 Å². The normalized spacial score (nSPS) is 18.8. The van der Waals surface area contributed by atoms with E-state index >= 15 is 0 Å². The minimum atomic E-state index is -1.54. The van der Waals surface area contributed by atoms with Crippen molar-refractivity contribution in [3.8, 4) is 11.1 Å². The monoisotopic (exact) mass is 329 g/mol. The molecule has 0 fully saturated rings. The summed E-state index contributed by atoms with van der Waals surface area (Å²) in [5.41, 5.74) is 0.00332. The highest BCUT2D eigenvalue weighted by Crippen LogP contribution is 2.34. The molecule has 0 saturated heterocycles. The zero-order chi connectivity index (χ0) is 17.3. The fraction of sp³-hybridized carbons (Fsp3) is 0.111. The van der Waals surface area contributed by atoms with Gasteiger partial charge in [-0.05, 0) is 47.4 Å². The van der Waals surface area contributed by atoms with Crippen molar-refractivity contribution in [1.82, 2.24) is 5.32 Å². The number of amides is 1. The number of fused-ring (bicyclic) bond motifs is 1. The van der Waals surface area contributed by atoms with E-state index < -0.39 is 23.3 Å². The molecule has 2 aromatic carbocycles. The maximum atomic E-state index is 14.0. The first-order chi connectivity index (χ1) is 11.4. The molecule has 1 aliphatic rings. The van der Waals surface area contributed by atoms with Gasteiger partial charge in [0.05, 0.1) is 0 Å². The van der Waals surface area contributed by atoms with Crippen LogP contribution in [0.3, 0.4) is 0 Å². The molecule has 2 N–H and O–H groups in total. The van der Waals surface area contributed by atoms with Crippen LogP contribution in [0.2, 0.25) is 0 Å². The van der Waals surface area contributed by atoms with Gasteiger partial charge in [-0.1, -0.05) is 24.3 Å². The number of carbonyl (C=O) groups is 2. The molecular formula is C18H13F2NO3. The number of benzene rings is 2. The van der Waals surface area contributed by atoms with Gasteiger partial charge in [-0.2, -0.15) is 0 Å². The Balaban J connectivity index is 2.18. The van der Waals surface area contributed by atoms with E-state index in [-0.39, 0.29) is 5.56 Å². The number of carbonyl (C=O) groups excluding carboxylic acids is 1. The molecule has 0 bridgehead atoms. The quantitative estimate of drug-likeness (QED) is 0.670. The summed E-state index contributed by atoms with van der Waals surface area (Å²) >= 11 is 0. The maximum absolute atomic E-state index is 14.0. The highest BCUT2D eigenvalue weighted by Gasteiger charge is 2.35. The molecule has 6 heteroatoms. The molecule has 0 unspecified atom stereocenters. The topological polar surface area (TPSA) is 66.4 Å². The van der Waals surface area contributed by atoms with Gasteiger partial charge in [0.15, 0.2) is 6.29 Å². The summed E-state index contributed by atoms with van der Waals surface area (Å²) in [4.78, 5) is 22.7. The second-order valence-electron chi connectivity index (χ2n) is 5.52. The summed E-state index contributed by atoms with van der Waals surface area (Å²) in [6.07, 6.45) is 2.79. The number of rotatable bonds is 3. The lowest BCUT2D eigenvalue weighted by atomic mass is 9.80. The fourth-order valence-electron chi connectivity index (χ4n) is 2.91. The van der Waals surface area contributed by atoms with Crippen LogP contribution < -0.4 is 5.32 Å². The van der Waals surface area contributed by atoms with Crippen LogP contribution >= 0.6 is 0 Å². The molecule has 2 aromatic rings. The lowest BCUT2D eigenvalue weighted by Crippen LogP contribution is -2.46. The van der Waals surface area contributed by atoms with Crippen LogP contribution in [0.4, 0.5) is 13.6 Å². The Morgan fingerprint density at radius 3 is 2.71 bits per heavy atom. The van der Waals surface area contributed by atoms with Gasteiger partial charge in [0.1, 0.15) is 17.2 Å². The maximum Gasteiger partial charge on any atom is 0.405 e. The van der Waals surface area contributed by atoms with Gasteiger partial charge in [0.2, 0.25) is 0 Å². The molecule has 1 aliphatic carbocycles. The highest BCUT2D eigenvalue weighted by molar-refractivity contribution is 5.82. The third-order valence-electron chi connectivity index (χ3n) is 4.01. The standard InChI is InChI=1S/C18H13F2NO3/c19-13-5-6-16(20)14(9-13)12-4-3-11-2-1-7-18(10-22,15(11)8-12)21-17(23)24/h1,3-10,21H,2H2,(H,23,24)/t18-/m1/s1. The Bertz CT molecular complexity index is 863. The summed E-state index contributed by atoms with van der Waals surface area (Å²) in [5, 5.41) is 11.2. The highest BCUT2D eigenvalue weighted by atomic mass is 19.1. The van der Waals surface area contributed by atoms with Gasteiger partial charge in [-0.3, -0.25) is 4.79 Å². The summed E-state index contributed by atoms with van der Waals surface area (Å²) in [6.45, 7) is 0. The number of nitrogens with one attached hydrogen (secondary N) is 1. The van der Waals surface area contributed by atoms with E-state index in [0.717, 1.165) is 23.8 Å². The molecule has 0 spiro atoms. The first kappa shape index (κ1) is 15.9. The number of allylic oxidation sites excluding steroid dienone is 1. The van der Waals surface area contributed by atoms with Crippen molar-refractivity contribution in [3.05, 3.63) is 71.3 Å². The van der Waals surface area contributed by atoms with E-state index in [9.17, 15) is 18.4 Å². The van der Waals surface area contributed by atoms with Gasteiger partial charge in [0.25, 0.3) is 0 Å². The zero-order valence-electron chi connectivity index (χ0n) is 12.4. The van der Waals surface area contributed by atoms with Crippen LogP contribution in [-0.4, -0.2) is 17.5 Å². The Morgan fingerprint density at radius 2 is 2.00 bits per heavy atom. The largest absolute Gasteiger partial charge is 0.465 e. The van der Waals surface area contributed by atoms with Crippen molar-refractivity contribution in [2.45, 2.75) is 12.0 Å². The summed E-state index contributed by atoms with van der Waals surface area (Å²) in [5.74, 6) is -1.19. The van der Waals surface area contributed by atoms with Gasteiger partial charge < -0.3 is 10.4 Å². The molecule has 0 aromatic heterocycles. The van der Waals surface area contributed by atoms with Crippen LogP contribution in [0, 0.1) is 11.6 Å². The van der Waals surface area contributed by atoms with E-state index in [4.69, 9.17) is 5.11 Å². The Kier molecular flexibility index (Phi) is 3.89. The molecule has 0 aliphatic heterocycles. The molecule has 122 valence electrons. The number of hydrogen-bond acceptors (Lipinski definition) is 2. The summed E-state index contributed by atoms with van der Waals surface area (Å²) in [6, 6.07) is 7.91. The van der Waals surface area contributed by atoms with Crippen molar-refractivity contribution in [2.75, 3.05) is 0 Å². The molecule has 1 atom stereocenters. The molecule has 1 amide bonds. The summed E-state index contributed by atoms with van der Waals surface area (Å²) < 4.78 is 27.5. The van der Waals surface area contributed by atoms with Crippen LogP contribution in [0.15, 0.2) is 48.6 Å². The lowest BCUT2D eigenvalue weighted by molar-refractivity contribution is -0.112. The number of halogens is 2. The molecule has 24 heavy (non-hydrogen) atoms. The van der Waals surface area contributed by atoms with E-state index in [2.05, 4.69) is 5.32 Å². The second kappa shape index (κ2) is 5.88. The Labute approximate surface area is 136 Å². The molecule has 0 saturated carbocycles. The average Bonchev–Trinajstić information content (AvgIpc) is 2.56. The second-order valence-corrected chi connectivity index (χ2v) is 5.52. The van der Waals surface area contributed by atoms with Crippen LogP contribution in [0.25, 0.3) is 11.1 Å². The van der Waals surface area contributed by atoms with Gasteiger partial charge >= 0.3 is 6.09 Å². The number of hydrogen-bond donors (Lipinski definition) is 2. The van der Waals surface area contributed by atoms with Crippen LogP contribution in [0.5, 0.6) is 0 Å². The van der Waals surface area contributed by atoms with Gasteiger partial charge in [-0.15, -0.1) is 0 Å². The molecule has 0 heterocycles. The lowest BCUT2D eigenvalue weighted by Gasteiger charge is -2.30. The molecular weight excluding hydrogens is 316 g/mol. The first-order valence-corrected chi connectivity index (χ1v) is 7.19. The van der Waals surface area contributed by atoms with Crippen LogP contribution in [-0.2, 0) is 16.8 Å². The molecule has 4 nitrogen and oxygen atoms in total.